The Kier molecular flexibility index (Phi) is 9.61. The van der Waals surface area contributed by atoms with E-state index >= 15 is 0 Å². The first-order valence-corrected chi connectivity index (χ1v) is 15.2. The van der Waals surface area contributed by atoms with Gasteiger partial charge in [0, 0.05) is 0 Å². The Balaban J connectivity index is 1.14. The topological polar surface area (TPSA) is 50.1 Å². The molecule has 4 saturated carbocycles. The Morgan fingerprint density at radius 1 is 0.667 bits per heavy atom. The number of fused-ring (bicyclic) bond motifs is 5. The van der Waals surface area contributed by atoms with Gasteiger partial charge >= 0.3 is 0 Å². The molecule has 4 N–H and O–H groups in total. The molecule has 0 radical (unpaired) electrons. The fourth-order valence-electron chi connectivity index (χ4n) is 9.50. The molecule has 7 atom stereocenters. The Labute approximate surface area is 206 Å². The second kappa shape index (κ2) is 12.2. The van der Waals surface area contributed by atoms with Crippen LogP contribution in [-0.4, -0.2) is 32.7 Å². The molecule has 33 heavy (non-hydrogen) atoms. The first kappa shape index (κ1) is 26.0. The number of rotatable bonds is 13. The third kappa shape index (κ3) is 5.83. The van der Waals surface area contributed by atoms with Crippen molar-refractivity contribution in [2.45, 2.75) is 117 Å². The van der Waals surface area contributed by atoms with Crippen LogP contribution in [0.5, 0.6) is 0 Å². The van der Waals surface area contributed by atoms with Crippen molar-refractivity contribution in [3.05, 3.63) is 0 Å². The fraction of sp³-hybridized carbons (Fsp3) is 1.00. The van der Waals surface area contributed by atoms with Crippen molar-refractivity contribution in [1.29, 1.82) is 0 Å². The third-order valence-corrected chi connectivity index (χ3v) is 11.5. The minimum absolute atomic E-state index is 0.670. The summed E-state index contributed by atoms with van der Waals surface area (Å²) in [5, 5.41) is 7.18. The molecule has 4 rings (SSSR count). The second-order valence-corrected chi connectivity index (χ2v) is 13.1. The van der Waals surface area contributed by atoms with Gasteiger partial charge in [0.15, 0.2) is 0 Å². The van der Waals surface area contributed by atoms with Gasteiger partial charge in [0.2, 0.25) is 0 Å². The molecule has 0 aromatic heterocycles. The lowest BCUT2D eigenvalue weighted by Crippen LogP contribution is -2.52. The van der Waals surface area contributed by atoms with Crippen molar-refractivity contribution in [1.82, 2.24) is 10.6 Å². The van der Waals surface area contributed by atoms with Gasteiger partial charge in [0.1, 0.15) is 0 Å². The van der Waals surface area contributed by atoms with Crippen LogP contribution < -0.4 is 16.4 Å². The van der Waals surface area contributed by atoms with Gasteiger partial charge in [0.05, 0.1) is 0 Å². The lowest BCUT2D eigenvalue weighted by molar-refractivity contribution is -0.111. The van der Waals surface area contributed by atoms with Gasteiger partial charge in [0.25, 0.3) is 0 Å². The number of nitrogens with one attached hydrogen (secondary N) is 2. The van der Waals surface area contributed by atoms with Crippen LogP contribution in [0.15, 0.2) is 0 Å². The van der Waals surface area contributed by atoms with E-state index in [1.54, 1.807) is 44.9 Å². The van der Waals surface area contributed by atoms with E-state index in [9.17, 15) is 0 Å². The summed E-state index contributed by atoms with van der Waals surface area (Å²) in [6.45, 7) is 10.9. The maximum absolute atomic E-state index is 5.53. The van der Waals surface area contributed by atoms with Crippen molar-refractivity contribution in [3.63, 3.8) is 0 Å². The molecule has 0 aliphatic heterocycles. The van der Waals surface area contributed by atoms with Gasteiger partial charge in [-0.05, 0) is 157 Å². The van der Waals surface area contributed by atoms with Crippen molar-refractivity contribution >= 4 is 0 Å². The maximum atomic E-state index is 5.53. The first-order chi connectivity index (χ1) is 16.1. The van der Waals surface area contributed by atoms with Crippen LogP contribution in [0.2, 0.25) is 0 Å². The van der Waals surface area contributed by atoms with Crippen LogP contribution in [0, 0.1) is 40.4 Å². The molecule has 4 aliphatic carbocycles. The number of nitrogens with two attached hydrogens (primary N) is 1. The van der Waals surface area contributed by atoms with Crippen LogP contribution in [0.25, 0.3) is 0 Å². The average molecular weight is 460 g/mol. The number of hydrogen-bond acceptors (Lipinski definition) is 3. The highest BCUT2D eigenvalue weighted by atomic mass is 14.9. The van der Waals surface area contributed by atoms with E-state index in [4.69, 9.17) is 5.73 Å². The Bertz CT molecular complexity index is 579. The molecule has 0 bridgehead atoms. The van der Waals surface area contributed by atoms with Gasteiger partial charge in [-0.25, -0.2) is 0 Å². The van der Waals surface area contributed by atoms with E-state index in [2.05, 4.69) is 24.5 Å². The van der Waals surface area contributed by atoms with E-state index in [0.29, 0.717) is 10.8 Å². The summed E-state index contributed by atoms with van der Waals surface area (Å²) in [6, 6.07) is 0. The molecule has 192 valence electrons. The SMILES string of the molecule is C[C@]12CCCCC1CCC1C2CC[C@]2(C)C(CCCCNCCCCNCCCN)CCC12. The average Bonchev–Trinajstić information content (AvgIpc) is 3.15. The molecule has 0 spiro atoms. The molecule has 0 aromatic carbocycles. The predicted octanol–water partition coefficient (Wildman–Crippen LogP) is 6.51. The van der Waals surface area contributed by atoms with E-state index in [1.807, 2.05) is 0 Å². The van der Waals surface area contributed by atoms with Crippen molar-refractivity contribution in [2.24, 2.45) is 46.2 Å². The van der Waals surface area contributed by atoms with Crippen molar-refractivity contribution in [2.75, 3.05) is 32.7 Å². The minimum Gasteiger partial charge on any atom is -0.330 e. The van der Waals surface area contributed by atoms with E-state index < -0.39 is 0 Å². The van der Waals surface area contributed by atoms with Gasteiger partial charge in [-0.1, -0.05) is 33.1 Å². The second-order valence-electron chi connectivity index (χ2n) is 13.1. The van der Waals surface area contributed by atoms with Gasteiger partial charge in [-0.3, -0.25) is 0 Å². The van der Waals surface area contributed by atoms with Crippen LogP contribution in [0.3, 0.4) is 0 Å². The van der Waals surface area contributed by atoms with Crippen LogP contribution >= 0.6 is 0 Å². The molecule has 5 unspecified atom stereocenters. The summed E-state index contributed by atoms with van der Waals surface area (Å²) in [6.07, 6.45) is 23.4. The maximum Gasteiger partial charge on any atom is -0.00369 e. The smallest absolute Gasteiger partial charge is 0.00369 e. The van der Waals surface area contributed by atoms with Crippen LogP contribution in [-0.2, 0) is 0 Å². The predicted molar refractivity (Wildman–Crippen MR) is 142 cm³/mol. The molecular weight excluding hydrogens is 402 g/mol. The van der Waals surface area contributed by atoms with Crippen molar-refractivity contribution in [3.8, 4) is 0 Å². The molecule has 0 saturated heterocycles. The largest absolute Gasteiger partial charge is 0.330 e. The van der Waals surface area contributed by atoms with Gasteiger partial charge in [-0.15, -0.1) is 0 Å². The first-order valence-electron chi connectivity index (χ1n) is 15.2. The van der Waals surface area contributed by atoms with Crippen LogP contribution in [0.1, 0.15) is 117 Å². The van der Waals surface area contributed by atoms with Gasteiger partial charge < -0.3 is 16.4 Å². The fourth-order valence-corrected chi connectivity index (χ4v) is 9.50. The number of unbranched alkanes of at least 4 members (excludes halogenated alkanes) is 2. The van der Waals surface area contributed by atoms with E-state index in [1.165, 1.54) is 64.5 Å². The molecule has 0 heterocycles. The molecular formula is C30H57N3. The van der Waals surface area contributed by atoms with E-state index in [0.717, 1.165) is 55.6 Å². The zero-order chi connectivity index (χ0) is 23.2. The monoisotopic (exact) mass is 459 g/mol. The lowest BCUT2D eigenvalue weighted by atomic mass is 9.45. The zero-order valence-corrected chi connectivity index (χ0v) is 22.3. The van der Waals surface area contributed by atoms with Crippen LogP contribution in [0.4, 0.5) is 0 Å². The summed E-state index contributed by atoms with van der Waals surface area (Å²) >= 11 is 0. The third-order valence-electron chi connectivity index (χ3n) is 11.5. The highest BCUT2D eigenvalue weighted by Gasteiger charge is 2.59. The quantitative estimate of drug-likeness (QED) is 0.275. The summed E-state index contributed by atoms with van der Waals surface area (Å²) in [4.78, 5) is 0. The Hall–Kier alpha value is -0.120. The molecule has 3 nitrogen and oxygen atoms in total. The van der Waals surface area contributed by atoms with Crippen molar-refractivity contribution < 1.29 is 0 Å². The summed E-state index contributed by atoms with van der Waals surface area (Å²) < 4.78 is 0. The highest BCUT2D eigenvalue weighted by molar-refractivity contribution is 5.08. The Morgan fingerprint density at radius 2 is 1.36 bits per heavy atom. The summed E-state index contributed by atoms with van der Waals surface area (Å²) in [5.41, 5.74) is 6.90. The van der Waals surface area contributed by atoms with E-state index in [-0.39, 0.29) is 0 Å². The molecule has 0 amide bonds. The minimum atomic E-state index is 0.670. The molecule has 3 heteroatoms. The zero-order valence-electron chi connectivity index (χ0n) is 22.3. The lowest BCUT2D eigenvalue weighted by Gasteiger charge is -2.60. The standard InChI is InChI=1S/C30H57N3/c1-29-17-5-3-10-24(29)12-14-26-27-15-13-25(30(27,2)18-16-28(26)29)11-4-6-20-32-21-7-8-22-33-23-9-19-31/h24-28,32-33H,3-23,31H2,1-2H3/t24?,25?,26?,27?,28?,29-,30+/m0/s1. The molecule has 0 aromatic rings. The summed E-state index contributed by atoms with van der Waals surface area (Å²) in [5.74, 6) is 5.26. The number of hydrogen-bond donors (Lipinski definition) is 3. The highest BCUT2D eigenvalue weighted by Crippen LogP contribution is 2.67. The normalized spacial score (nSPS) is 40.3. The van der Waals surface area contributed by atoms with Gasteiger partial charge in [-0.2, -0.15) is 0 Å². The Morgan fingerprint density at radius 3 is 2.12 bits per heavy atom. The summed E-state index contributed by atoms with van der Waals surface area (Å²) in [7, 11) is 0. The molecule has 4 aliphatic rings. The molecule has 4 fully saturated rings.